The number of likely N-dealkylation sites (N-methyl/N-ethyl adjacent to an activating group) is 1. The van der Waals surface area contributed by atoms with Gasteiger partial charge < -0.3 is 4.90 Å². The molecule has 6 heteroatoms. The molecule has 0 aromatic heterocycles. The lowest BCUT2D eigenvalue weighted by atomic mass is 9.96. The number of hydrogen-bond donors (Lipinski definition) is 0. The van der Waals surface area contributed by atoms with Gasteiger partial charge in [0, 0.05) is 30.5 Å². The topological polar surface area (TPSA) is 26.8 Å². The van der Waals surface area contributed by atoms with Crippen LogP contribution in [-0.2, 0) is 0 Å². The van der Waals surface area contributed by atoms with E-state index in [1.807, 2.05) is 72.7 Å². The van der Waals surface area contributed by atoms with E-state index in [1.165, 1.54) is 12.1 Å². The SMILES string of the molecule is Cc1ccc(C(=O)N(c2ccccc2)C2CC2)c(F)c1C1C=CN(c2ccc(F)cc2)N1C. The second-order valence-electron chi connectivity index (χ2n) is 8.58. The molecule has 2 aliphatic rings. The molecule has 1 heterocycles. The number of anilines is 2. The Labute approximate surface area is 192 Å². The number of rotatable bonds is 5. The maximum atomic E-state index is 16.0. The summed E-state index contributed by atoms with van der Waals surface area (Å²) in [4.78, 5) is 15.3. The number of hydrazine groups is 1. The van der Waals surface area contributed by atoms with Crippen LogP contribution in [0.2, 0.25) is 0 Å². The molecule has 5 rings (SSSR count). The van der Waals surface area contributed by atoms with Crippen molar-refractivity contribution in [3.05, 3.63) is 107 Å². The Morgan fingerprint density at radius 2 is 1.67 bits per heavy atom. The molecular formula is C27H25F2N3O. The molecule has 1 saturated carbocycles. The van der Waals surface area contributed by atoms with Crippen LogP contribution in [-0.4, -0.2) is 24.0 Å². The van der Waals surface area contributed by atoms with Crippen LogP contribution < -0.4 is 9.91 Å². The van der Waals surface area contributed by atoms with E-state index in [1.54, 1.807) is 23.1 Å². The number of amides is 1. The van der Waals surface area contributed by atoms with Gasteiger partial charge in [-0.25, -0.2) is 13.8 Å². The summed E-state index contributed by atoms with van der Waals surface area (Å²) in [7, 11) is 1.85. The minimum atomic E-state index is -0.496. The first-order valence-electron chi connectivity index (χ1n) is 11.1. The molecule has 3 aromatic carbocycles. The first-order chi connectivity index (χ1) is 16.0. The predicted octanol–water partition coefficient (Wildman–Crippen LogP) is 6.00. The van der Waals surface area contributed by atoms with Crippen molar-refractivity contribution in [3.63, 3.8) is 0 Å². The third kappa shape index (κ3) is 3.91. The van der Waals surface area contributed by atoms with Crippen molar-refractivity contribution in [2.45, 2.75) is 31.8 Å². The summed E-state index contributed by atoms with van der Waals surface area (Å²) in [5.74, 6) is -1.13. The number of aryl methyl sites for hydroxylation is 1. The molecule has 1 fully saturated rings. The smallest absolute Gasteiger partial charge is 0.261 e. The molecule has 0 saturated heterocycles. The summed E-state index contributed by atoms with van der Waals surface area (Å²) in [5.41, 5.74) is 2.87. The monoisotopic (exact) mass is 445 g/mol. The number of hydrogen-bond acceptors (Lipinski definition) is 3. The van der Waals surface area contributed by atoms with Gasteiger partial charge in [0.25, 0.3) is 5.91 Å². The van der Waals surface area contributed by atoms with Crippen molar-refractivity contribution in [2.24, 2.45) is 0 Å². The second-order valence-corrected chi connectivity index (χ2v) is 8.58. The molecule has 1 aliphatic heterocycles. The van der Waals surface area contributed by atoms with Crippen molar-refractivity contribution in [1.82, 2.24) is 5.01 Å². The highest BCUT2D eigenvalue weighted by Gasteiger charge is 2.37. The lowest BCUT2D eigenvalue weighted by Crippen LogP contribution is -2.36. The Hall–Kier alpha value is -3.51. The van der Waals surface area contributed by atoms with Crippen LogP contribution in [0.1, 0.15) is 40.4 Å². The van der Waals surface area contributed by atoms with Gasteiger partial charge in [0.15, 0.2) is 0 Å². The standard InChI is InChI=1S/C27H25F2N3O/c1-18-8-15-23(27(33)32(22-13-14-22)21-6-4-3-5-7-21)26(29)25(18)24-16-17-31(30(24)2)20-11-9-19(28)10-12-20/h3-12,15-17,22,24H,13-14H2,1-2H3. The van der Waals surface area contributed by atoms with Crippen molar-refractivity contribution < 1.29 is 13.6 Å². The zero-order valence-electron chi connectivity index (χ0n) is 18.6. The minimum Gasteiger partial charge on any atom is -0.305 e. The van der Waals surface area contributed by atoms with Crippen LogP contribution in [0.25, 0.3) is 0 Å². The van der Waals surface area contributed by atoms with E-state index in [2.05, 4.69) is 0 Å². The molecule has 3 aromatic rings. The highest BCUT2D eigenvalue weighted by Crippen LogP contribution is 2.38. The van der Waals surface area contributed by atoms with Gasteiger partial charge in [-0.1, -0.05) is 24.3 Å². The van der Waals surface area contributed by atoms with Gasteiger partial charge in [-0.2, -0.15) is 0 Å². The summed E-state index contributed by atoms with van der Waals surface area (Å²) < 4.78 is 29.3. The van der Waals surface area contributed by atoms with E-state index >= 15 is 4.39 Å². The number of nitrogens with zero attached hydrogens (tertiary/aromatic N) is 3. The highest BCUT2D eigenvalue weighted by molar-refractivity contribution is 6.07. The van der Waals surface area contributed by atoms with Crippen LogP contribution in [0.4, 0.5) is 20.2 Å². The van der Waals surface area contributed by atoms with Crippen LogP contribution >= 0.6 is 0 Å². The van der Waals surface area contributed by atoms with E-state index < -0.39 is 11.9 Å². The molecule has 1 aliphatic carbocycles. The normalized spacial score (nSPS) is 18.1. The Balaban J connectivity index is 1.48. The van der Waals surface area contributed by atoms with E-state index in [-0.39, 0.29) is 23.3 Å². The Morgan fingerprint density at radius 1 is 0.970 bits per heavy atom. The third-order valence-electron chi connectivity index (χ3n) is 6.33. The average molecular weight is 446 g/mol. The third-order valence-corrected chi connectivity index (χ3v) is 6.33. The van der Waals surface area contributed by atoms with Gasteiger partial charge in [0.2, 0.25) is 0 Å². The molecule has 168 valence electrons. The summed E-state index contributed by atoms with van der Waals surface area (Å²) in [6.45, 7) is 1.85. The number of carbonyl (C=O) groups is 1. The molecule has 4 nitrogen and oxygen atoms in total. The first-order valence-corrected chi connectivity index (χ1v) is 11.1. The van der Waals surface area contributed by atoms with E-state index in [9.17, 15) is 9.18 Å². The second kappa shape index (κ2) is 8.45. The van der Waals surface area contributed by atoms with E-state index in [0.29, 0.717) is 5.56 Å². The van der Waals surface area contributed by atoms with E-state index in [0.717, 1.165) is 29.8 Å². The molecule has 1 atom stereocenters. The van der Waals surface area contributed by atoms with Gasteiger partial charge in [-0.15, -0.1) is 0 Å². The fourth-order valence-corrected chi connectivity index (χ4v) is 4.43. The number of carbonyl (C=O) groups excluding carboxylic acids is 1. The molecular weight excluding hydrogens is 420 g/mol. The Kier molecular flexibility index (Phi) is 5.46. The van der Waals surface area contributed by atoms with Gasteiger partial charge >= 0.3 is 0 Å². The molecule has 0 N–H and O–H groups in total. The van der Waals surface area contributed by atoms with Gasteiger partial charge in [-0.05, 0) is 73.9 Å². The quantitative estimate of drug-likeness (QED) is 0.482. The Bertz CT molecular complexity index is 1210. The first kappa shape index (κ1) is 21.3. The summed E-state index contributed by atoms with van der Waals surface area (Å²) >= 11 is 0. The fourth-order valence-electron chi connectivity index (χ4n) is 4.43. The molecule has 1 unspecified atom stereocenters. The molecule has 1 amide bonds. The van der Waals surface area contributed by atoms with Crippen molar-refractivity contribution in [2.75, 3.05) is 17.0 Å². The number of para-hydroxylation sites is 1. The van der Waals surface area contributed by atoms with Crippen molar-refractivity contribution in [1.29, 1.82) is 0 Å². The molecule has 0 spiro atoms. The lowest BCUT2D eigenvalue weighted by molar-refractivity contribution is 0.0981. The zero-order chi connectivity index (χ0) is 23.1. The molecule has 33 heavy (non-hydrogen) atoms. The molecule has 0 radical (unpaired) electrons. The maximum absolute atomic E-state index is 16.0. The fraction of sp³-hybridized carbons (Fsp3) is 0.222. The Morgan fingerprint density at radius 3 is 2.33 bits per heavy atom. The van der Waals surface area contributed by atoms with Crippen molar-refractivity contribution in [3.8, 4) is 0 Å². The van der Waals surface area contributed by atoms with Gasteiger partial charge in [0.1, 0.15) is 11.6 Å². The van der Waals surface area contributed by atoms with Gasteiger partial charge in [0.05, 0.1) is 17.3 Å². The van der Waals surface area contributed by atoms with Crippen molar-refractivity contribution >= 4 is 17.3 Å². The highest BCUT2D eigenvalue weighted by atomic mass is 19.1. The largest absolute Gasteiger partial charge is 0.305 e. The van der Waals surface area contributed by atoms with Crippen LogP contribution in [0.3, 0.4) is 0 Å². The lowest BCUT2D eigenvalue weighted by Gasteiger charge is -2.31. The maximum Gasteiger partial charge on any atom is 0.261 e. The van der Waals surface area contributed by atoms with Crippen LogP contribution in [0.15, 0.2) is 79.0 Å². The summed E-state index contributed by atoms with van der Waals surface area (Å²) in [5, 5.41) is 3.72. The van der Waals surface area contributed by atoms with Gasteiger partial charge in [-0.3, -0.25) is 9.80 Å². The summed E-state index contributed by atoms with van der Waals surface area (Å²) in [6, 6.07) is 18.7. The average Bonchev–Trinajstić information content (AvgIpc) is 3.58. The van der Waals surface area contributed by atoms with Crippen LogP contribution in [0.5, 0.6) is 0 Å². The minimum absolute atomic E-state index is 0.0772. The summed E-state index contributed by atoms with van der Waals surface area (Å²) in [6.07, 6.45) is 5.56. The predicted molar refractivity (Wildman–Crippen MR) is 126 cm³/mol. The number of benzene rings is 3. The molecule has 0 bridgehead atoms. The zero-order valence-corrected chi connectivity index (χ0v) is 18.6. The van der Waals surface area contributed by atoms with E-state index in [4.69, 9.17) is 0 Å². The number of halogens is 2. The van der Waals surface area contributed by atoms with Crippen LogP contribution in [0, 0.1) is 18.6 Å².